The van der Waals surface area contributed by atoms with Crippen molar-refractivity contribution in [1.29, 1.82) is 0 Å². The first-order chi connectivity index (χ1) is 37.0. The van der Waals surface area contributed by atoms with Gasteiger partial charge >= 0.3 is 11.9 Å². The fraction of sp³-hybridized carbons (Fsp3) is 0.581. The third-order valence-electron chi connectivity index (χ3n) is 15.4. The van der Waals surface area contributed by atoms with Gasteiger partial charge in [-0.2, -0.15) is 0 Å². The molecule has 16 heteroatoms. The smallest absolute Gasteiger partial charge is 0.348 e. The summed E-state index contributed by atoms with van der Waals surface area (Å²) in [6, 6.07) is 11.3. The minimum atomic E-state index is -1.03. The van der Waals surface area contributed by atoms with Crippen molar-refractivity contribution in [2.45, 2.75) is 182 Å². The van der Waals surface area contributed by atoms with Crippen LogP contribution in [0, 0.1) is 58.2 Å². The minimum absolute atomic E-state index is 0.00577. The second kappa shape index (κ2) is 26.9. The van der Waals surface area contributed by atoms with Gasteiger partial charge in [0.1, 0.15) is 21.3 Å². The predicted molar refractivity (Wildman–Crippen MR) is 310 cm³/mol. The first-order valence-electron chi connectivity index (χ1n) is 28.1. The number of hydrogen-bond donors (Lipinski definition) is 2. The van der Waals surface area contributed by atoms with Crippen molar-refractivity contribution in [1.82, 2.24) is 20.0 Å². The van der Waals surface area contributed by atoms with Crippen molar-refractivity contribution >= 4 is 57.8 Å². The number of pyridine rings is 2. The Labute approximate surface area is 471 Å². The van der Waals surface area contributed by atoms with Crippen LogP contribution in [-0.4, -0.2) is 92.3 Å². The number of anilines is 2. The number of aromatic nitrogens is 2. The Balaban J connectivity index is 0.000000226. The van der Waals surface area contributed by atoms with Crippen LogP contribution in [0.2, 0.25) is 0 Å². The van der Waals surface area contributed by atoms with E-state index in [-0.39, 0.29) is 68.5 Å². The summed E-state index contributed by atoms with van der Waals surface area (Å²) >= 11 is 2.29. The molecule has 0 saturated heterocycles. The van der Waals surface area contributed by atoms with Crippen molar-refractivity contribution < 1.29 is 38.9 Å². The van der Waals surface area contributed by atoms with Crippen LogP contribution in [0.15, 0.2) is 61.2 Å². The molecule has 0 radical (unpaired) electrons. The number of nitrogens with zero attached hydrogens (tertiary/aromatic N) is 6. The molecular weight excluding hydrogens is 1020 g/mol. The van der Waals surface area contributed by atoms with Crippen molar-refractivity contribution in [2.75, 3.05) is 24.1 Å². The lowest BCUT2D eigenvalue weighted by atomic mass is 9.82. The van der Waals surface area contributed by atoms with Crippen molar-refractivity contribution in [3.05, 3.63) is 80.7 Å². The van der Waals surface area contributed by atoms with Crippen molar-refractivity contribution in [3.8, 4) is 35.2 Å². The number of hydrogen-bond acceptors (Lipinski definition) is 12. The molecule has 4 heterocycles. The summed E-state index contributed by atoms with van der Waals surface area (Å²) in [5.74, 6) is 13.2. The maximum absolute atomic E-state index is 14.1. The number of hydrazine groups is 2. The zero-order valence-electron chi connectivity index (χ0n) is 47.5. The molecule has 8 rings (SSSR count). The third-order valence-corrected chi connectivity index (χ3v) is 17.4. The predicted octanol–water partition coefficient (Wildman–Crippen LogP) is 13.3. The normalized spacial score (nSPS) is 23.5. The first kappa shape index (κ1) is 59.9. The average molecular weight is 1100 g/mol. The standard InChI is InChI=1S/2C31H41N3O4S/c2*1-21-8-10-22(11-9-21)29(35)34(27-19-26(16-17-31(2,3)4)39-28(27)30(36)37)33(5)23-12-14-24(15-13-23)38-25-7-6-18-32-20-25/h2*6-7,18-24H,8-15H2,1-5H3,(H,36,37). The van der Waals surface area contributed by atoms with Crippen LogP contribution in [0.25, 0.3) is 0 Å². The zero-order chi connectivity index (χ0) is 56.3. The summed E-state index contributed by atoms with van der Waals surface area (Å²) in [6.07, 6.45) is 21.3. The summed E-state index contributed by atoms with van der Waals surface area (Å²) in [6.45, 7) is 16.6. The topological polar surface area (TPSA) is 166 Å². The monoisotopic (exact) mass is 1100 g/mol. The van der Waals surface area contributed by atoms with Gasteiger partial charge in [-0.1, -0.05) is 37.5 Å². The largest absolute Gasteiger partial charge is 0.489 e. The molecule has 4 aliphatic rings. The molecule has 4 aromatic rings. The molecule has 0 aliphatic heterocycles. The van der Waals surface area contributed by atoms with Gasteiger partial charge in [0.25, 0.3) is 0 Å². The highest BCUT2D eigenvalue weighted by atomic mass is 32.1. The molecule has 78 heavy (non-hydrogen) atoms. The highest BCUT2D eigenvalue weighted by Crippen LogP contribution is 2.40. The van der Waals surface area contributed by atoms with Crippen LogP contribution in [0.1, 0.15) is 187 Å². The van der Waals surface area contributed by atoms with Crippen molar-refractivity contribution in [2.24, 2.45) is 34.5 Å². The van der Waals surface area contributed by atoms with Gasteiger partial charge < -0.3 is 19.7 Å². The molecule has 2 N–H and O–H groups in total. The van der Waals surface area contributed by atoms with Crippen LogP contribution in [0.4, 0.5) is 11.4 Å². The van der Waals surface area contributed by atoms with Crippen LogP contribution in [0.3, 0.4) is 0 Å². The molecule has 0 bridgehead atoms. The highest BCUT2D eigenvalue weighted by molar-refractivity contribution is 7.15. The zero-order valence-corrected chi connectivity index (χ0v) is 49.2. The summed E-state index contributed by atoms with van der Waals surface area (Å²) in [4.78, 5) is 62.9. The maximum Gasteiger partial charge on any atom is 0.348 e. The Bertz CT molecular complexity index is 2580. The minimum Gasteiger partial charge on any atom is -0.489 e. The maximum atomic E-state index is 14.1. The Morgan fingerprint density at radius 2 is 0.897 bits per heavy atom. The van der Waals surface area contributed by atoms with E-state index in [0.717, 1.165) is 137 Å². The molecule has 2 amide bonds. The van der Waals surface area contributed by atoms with E-state index in [1.165, 1.54) is 0 Å². The van der Waals surface area contributed by atoms with Crippen LogP contribution in [-0.2, 0) is 9.59 Å². The van der Waals surface area contributed by atoms with Gasteiger partial charge in [0.05, 0.1) is 45.7 Å². The Morgan fingerprint density at radius 3 is 1.19 bits per heavy atom. The SMILES string of the molecule is CC1CCC(C(=O)N(c2cc(C#CC(C)(C)C)sc2C(=O)O)N(C)C2CCC(Oc3cccnc3)CC2)CC1.CC1CCC(C(=O)N(c2cc(C#CC(C)(C)C)sc2C(=O)O)N(C)C2CCC(Oc3cccnc3)CC2)CC1. The quantitative estimate of drug-likeness (QED) is 0.0908. The second-order valence-electron chi connectivity index (χ2n) is 24.1. The molecule has 0 aromatic carbocycles. The molecule has 4 aromatic heterocycles. The molecule has 0 spiro atoms. The van der Waals surface area contributed by atoms with Gasteiger partial charge in [0.2, 0.25) is 11.8 Å². The number of aromatic carboxylic acids is 2. The van der Waals surface area contributed by atoms with E-state index < -0.39 is 11.9 Å². The number of thiophene rings is 2. The fourth-order valence-electron chi connectivity index (χ4n) is 10.9. The van der Waals surface area contributed by atoms with Gasteiger partial charge in [-0.15, -0.1) is 22.7 Å². The van der Waals surface area contributed by atoms with Gasteiger partial charge in [0.15, 0.2) is 0 Å². The van der Waals surface area contributed by atoms with Gasteiger partial charge in [-0.05, 0) is 193 Å². The molecule has 4 fully saturated rings. The summed E-state index contributed by atoms with van der Waals surface area (Å²) in [7, 11) is 3.86. The average Bonchev–Trinajstić information content (AvgIpc) is 4.09. The number of carboxylic acids is 2. The molecule has 4 aliphatic carbocycles. The molecule has 420 valence electrons. The lowest BCUT2D eigenvalue weighted by Crippen LogP contribution is -2.53. The van der Waals surface area contributed by atoms with E-state index in [4.69, 9.17) is 9.47 Å². The molecule has 0 atom stereocenters. The second-order valence-corrected chi connectivity index (χ2v) is 26.2. The lowest BCUT2D eigenvalue weighted by molar-refractivity contribution is -0.128. The van der Waals surface area contributed by atoms with Crippen LogP contribution >= 0.6 is 22.7 Å². The molecule has 4 saturated carbocycles. The Kier molecular flexibility index (Phi) is 20.7. The highest BCUT2D eigenvalue weighted by Gasteiger charge is 2.40. The summed E-state index contributed by atoms with van der Waals surface area (Å²) < 4.78 is 12.3. The first-order valence-corrected chi connectivity index (χ1v) is 29.7. The van der Waals surface area contributed by atoms with Gasteiger partial charge in [0, 0.05) is 61.2 Å². The van der Waals surface area contributed by atoms with E-state index in [1.807, 2.05) is 89.9 Å². The number of ether oxygens (including phenoxy) is 2. The molecule has 14 nitrogen and oxygen atoms in total. The lowest BCUT2D eigenvalue weighted by Gasteiger charge is -2.42. The summed E-state index contributed by atoms with van der Waals surface area (Å²) in [5, 5.41) is 27.6. The number of rotatable bonds is 14. The van der Waals surface area contributed by atoms with E-state index in [9.17, 15) is 29.4 Å². The fourth-order valence-corrected chi connectivity index (χ4v) is 12.5. The number of carbonyl (C=O) groups excluding carboxylic acids is 2. The number of carboxylic acid groups (broad SMARTS) is 2. The number of amides is 2. The third kappa shape index (κ3) is 16.6. The molecular formula is C62H82N6O8S2. The molecule has 0 unspecified atom stereocenters. The van der Waals surface area contributed by atoms with Gasteiger partial charge in [-0.3, -0.25) is 19.6 Å². The van der Waals surface area contributed by atoms with E-state index in [1.54, 1.807) is 46.9 Å². The number of carbonyl (C=O) groups is 4. The van der Waals surface area contributed by atoms with Crippen molar-refractivity contribution in [3.63, 3.8) is 0 Å². The van der Waals surface area contributed by atoms with E-state index in [2.05, 4.69) is 47.5 Å². The van der Waals surface area contributed by atoms with E-state index >= 15 is 0 Å². The Morgan fingerprint density at radius 1 is 0.551 bits per heavy atom. The summed E-state index contributed by atoms with van der Waals surface area (Å²) in [5.41, 5.74) is 0.445. The van der Waals surface area contributed by atoms with E-state index in [0.29, 0.717) is 33.0 Å². The van der Waals surface area contributed by atoms with Gasteiger partial charge in [-0.25, -0.2) is 29.6 Å². The van der Waals surface area contributed by atoms with Crippen LogP contribution < -0.4 is 19.5 Å². The Hall–Kier alpha value is -5.78. The van der Waals surface area contributed by atoms with Crippen LogP contribution in [0.5, 0.6) is 11.5 Å².